The van der Waals surface area contributed by atoms with Crippen LogP contribution in [0.5, 0.6) is 5.75 Å². The third-order valence-electron chi connectivity index (χ3n) is 2.75. The third kappa shape index (κ3) is 7.25. The fraction of sp³-hybridized carbons (Fsp3) is 0.667. The first-order valence-corrected chi connectivity index (χ1v) is 7.18. The minimum absolute atomic E-state index is 0.0322. The van der Waals surface area contributed by atoms with Crippen LogP contribution in [0.1, 0.15) is 45.9 Å². The van der Waals surface area contributed by atoms with Gasteiger partial charge in [0.15, 0.2) is 0 Å². The Labute approximate surface area is 147 Å². The van der Waals surface area contributed by atoms with Crippen molar-refractivity contribution in [2.45, 2.75) is 45.1 Å². The molecule has 1 atom stereocenters. The zero-order valence-corrected chi connectivity index (χ0v) is 12.8. The first-order valence-electron chi connectivity index (χ1n) is 12.2. The molecule has 1 aliphatic carbocycles. The van der Waals surface area contributed by atoms with Crippen molar-refractivity contribution in [1.29, 1.82) is 0 Å². The molecule has 0 heterocycles. The highest BCUT2D eigenvalue weighted by Crippen LogP contribution is 2.28. The van der Waals surface area contributed by atoms with Crippen LogP contribution < -0.4 is 10.1 Å². The van der Waals surface area contributed by atoms with Gasteiger partial charge < -0.3 is 19.9 Å². The van der Waals surface area contributed by atoms with Gasteiger partial charge in [-0.3, -0.25) is 0 Å². The largest absolute Gasteiger partial charge is 0.491 e. The predicted octanol–water partition coefficient (Wildman–Crippen LogP) is 2.39. The van der Waals surface area contributed by atoms with Gasteiger partial charge in [0.05, 0.1) is 10.7 Å². The average Bonchev–Trinajstić information content (AvgIpc) is 2.94. The Morgan fingerprint density at radius 1 is 1.45 bits per heavy atom. The van der Waals surface area contributed by atoms with Gasteiger partial charge in [-0.05, 0) is 42.8 Å². The summed E-state index contributed by atoms with van der Waals surface area (Å²) in [7, 11) is 0. The molecule has 1 saturated carbocycles. The molecule has 1 fully saturated rings. The van der Waals surface area contributed by atoms with E-state index in [0.29, 0.717) is 6.42 Å². The van der Waals surface area contributed by atoms with Crippen molar-refractivity contribution in [2.24, 2.45) is 5.89 Å². The van der Waals surface area contributed by atoms with Crippen LogP contribution in [0.3, 0.4) is 0 Å². The van der Waals surface area contributed by atoms with Crippen molar-refractivity contribution < 1.29 is 28.3 Å². The van der Waals surface area contributed by atoms with Gasteiger partial charge in [0.2, 0.25) is 0 Å². The van der Waals surface area contributed by atoms with Gasteiger partial charge in [-0.2, -0.15) is 0 Å². The van der Waals surface area contributed by atoms with E-state index in [1.807, 2.05) is 0 Å². The second-order valence-electron chi connectivity index (χ2n) is 5.15. The summed E-state index contributed by atoms with van der Waals surface area (Å²) in [5.41, 5.74) is 0.733. The molecule has 2 rings (SSSR count). The number of ether oxygens (including phenoxy) is 2. The predicted molar refractivity (Wildman–Crippen MR) is 88.3 cm³/mol. The maximum absolute atomic E-state index is 10.3. The standard InChI is InChI=1S/C18H29NO3/c1-14(2)19-11-17(20)13-22-18-7-5-15(6-8-18)9-10-21-12-16-3-4-16/h5-8,14,16-17,19-20H,3-4,9-13H2,1-2H3/i3D2,4D2,11D2,13D2,16D,17D. The van der Waals surface area contributed by atoms with Crippen molar-refractivity contribution in [3.05, 3.63) is 29.8 Å². The summed E-state index contributed by atoms with van der Waals surface area (Å²) < 4.78 is 87.8. The smallest absolute Gasteiger partial charge is 0.119 e. The van der Waals surface area contributed by atoms with E-state index in [2.05, 4.69) is 5.32 Å². The molecule has 1 unspecified atom stereocenters. The molecule has 4 nitrogen and oxygen atoms in total. The van der Waals surface area contributed by atoms with Crippen molar-refractivity contribution in [2.75, 3.05) is 26.3 Å². The fourth-order valence-corrected chi connectivity index (χ4v) is 1.55. The van der Waals surface area contributed by atoms with E-state index in [-0.39, 0.29) is 19.0 Å². The third-order valence-corrected chi connectivity index (χ3v) is 2.75. The number of aliphatic hydroxyl groups is 1. The molecule has 1 aromatic rings. The lowest BCUT2D eigenvalue weighted by Gasteiger charge is -2.15. The lowest BCUT2D eigenvalue weighted by molar-refractivity contribution is 0.104. The topological polar surface area (TPSA) is 50.7 Å². The maximum Gasteiger partial charge on any atom is 0.119 e. The van der Waals surface area contributed by atoms with Gasteiger partial charge in [0.25, 0.3) is 0 Å². The average molecular weight is 317 g/mol. The summed E-state index contributed by atoms with van der Waals surface area (Å²) in [5, 5.41) is 12.6. The lowest BCUT2D eigenvalue weighted by atomic mass is 10.1. The van der Waals surface area contributed by atoms with Gasteiger partial charge in [0.1, 0.15) is 18.4 Å². The minimum Gasteiger partial charge on any atom is -0.491 e. The summed E-state index contributed by atoms with van der Waals surface area (Å²) in [5.74, 6) is -1.97. The van der Waals surface area contributed by atoms with E-state index >= 15 is 0 Å². The Morgan fingerprint density at radius 3 is 2.82 bits per heavy atom. The van der Waals surface area contributed by atoms with Crippen LogP contribution in [0.4, 0.5) is 0 Å². The Hall–Kier alpha value is -1.10. The lowest BCUT2D eigenvalue weighted by Crippen LogP contribution is -2.35. The SMILES string of the molecule is [2H]C([2H])(NC(C)C)C([2H])(O)C([2H])([2H])Oc1ccc(CCOCC2([2H])C([2H])([2H])C2([2H])[2H])cc1. The molecule has 0 radical (unpaired) electrons. The van der Waals surface area contributed by atoms with E-state index in [9.17, 15) is 5.11 Å². The zero-order chi connectivity index (χ0) is 24.8. The van der Waals surface area contributed by atoms with Crippen LogP contribution >= 0.6 is 0 Å². The number of rotatable bonds is 11. The summed E-state index contributed by atoms with van der Waals surface area (Å²) >= 11 is 0. The quantitative estimate of drug-likeness (QED) is 0.615. The van der Waals surface area contributed by atoms with Crippen LogP contribution in [0.25, 0.3) is 0 Å². The van der Waals surface area contributed by atoms with Crippen LogP contribution in [-0.4, -0.2) is 43.5 Å². The molecular formula is C18H29NO3. The van der Waals surface area contributed by atoms with Gasteiger partial charge in [0, 0.05) is 28.7 Å². The van der Waals surface area contributed by atoms with Gasteiger partial charge in [-0.25, -0.2) is 0 Å². The normalized spacial score (nSPS) is 31.5. The number of hydrogen-bond acceptors (Lipinski definition) is 4. The maximum atomic E-state index is 10.3. The number of benzene rings is 1. The van der Waals surface area contributed by atoms with Crippen molar-refractivity contribution in [3.8, 4) is 5.75 Å². The minimum atomic E-state index is -3.26. The zero-order valence-electron chi connectivity index (χ0n) is 22.8. The van der Waals surface area contributed by atoms with E-state index in [0.717, 1.165) is 5.56 Å². The first-order chi connectivity index (χ1) is 14.3. The highest BCUT2D eigenvalue weighted by molar-refractivity contribution is 5.27. The Morgan fingerprint density at radius 2 is 2.18 bits per heavy atom. The van der Waals surface area contributed by atoms with Crippen LogP contribution in [-0.2, 0) is 11.2 Å². The second-order valence-corrected chi connectivity index (χ2v) is 5.15. The highest BCUT2D eigenvalue weighted by atomic mass is 16.5. The van der Waals surface area contributed by atoms with Crippen LogP contribution in [0.15, 0.2) is 24.3 Å². The Bertz CT molecular complexity index is 785. The van der Waals surface area contributed by atoms with E-state index in [1.165, 1.54) is 12.1 Å². The second kappa shape index (κ2) is 9.13. The fourth-order valence-electron chi connectivity index (χ4n) is 1.55. The summed E-state index contributed by atoms with van der Waals surface area (Å²) in [6.07, 6.45) is -7.43. The molecular weight excluding hydrogens is 278 g/mol. The molecule has 22 heavy (non-hydrogen) atoms. The van der Waals surface area contributed by atoms with Crippen LogP contribution in [0.2, 0.25) is 0 Å². The molecule has 1 aliphatic rings. The molecule has 4 heteroatoms. The molecule has 1 aromatic carbocycles. The van der Waals surface area contributed by atoms with Crippen molar-refractivity contribution in [1.82, 2.24) is 5.32 Å². The van der Waals surface area contributed by atoms with Gasteiger partial charge >= 0.3 is 0 Å². The number of nitrogens with one attached hydrogen (secondary N) is 1. The summed E-state index contributed by atoms with van der Waals surface area (Å²) in [6, 6.07) is 5.47. The van der Waals surface area contributed by atoms with E-state index < -0.39 is 43.8 Å². The molecule has 0 aromatic heterocycles. The first kappa shape index (κ1) is 8.13. The number of hydrogen-bond donors (Lipinski definition) is 2. The Kier molecular flexibility index (Phi) is 3.38. The summed E-state index contributed by atoms with van der Waals surface area (Å²) in [6.45, 7) is -2.98. The van der Waals surface area contributed by atoms with E-state index in [4.69, 9.17) is 23.2 Å². The van der Waals surface area contributed by atoms with Crippen LogP contribution in [0, 0.1) is 5.89 Å². The van der Waals surface area contributed by atoms with Gasteiger partial charge in [-0.1, -0.05) is 26.0 Å². The van der Waals surface area contributed by atoms with Crippen molar-refractivity contribution >= 4 is 0 Å². The molecule has 124 valence electrons. The molecule has 2 N–H and O–H groups in total. The van der Waals surface area contributed by atoms with Crippen molar-refractivity contribution in [3.63, 3.8) is 0 Å². The molecule has 0 saturated heterocycles. The molecule has 0 spiro atoms. The highest BCUT2D eigenvalue weighted by Gasteiger charge is 2.20. The van der Waals surface area contributed by atoms with E-state index in [1.54, 1.807) is 26.0 Å². The molecule has 0 bridgehead atoms. The van der Waals surface area contributed by atoms with Gasteiger partial charge in [-0.15, -0.1) is 0 Å². The summed E-state index contributed by atoms with van der Waals surface area (Å²) in [4.78, 5) is 0. The molecule has 0 amide bonds. The Balaban J connectivity index is 1.92. The monoisotopic (exact) mass is 317 g/mol. The molecule has 0 aliphatic heterocycles.